The van der Waals surface area contributed by atoms with Gasteiger partial charge in [0, 0.05) is 24.5 Å². The van der Waals surface area contributed by atoms with Crippen LogP contribution in [0.15, 0.2) is 40.9 Å². The number of benzene rings is 1. The molecule has 3 rings (SSSR count). The summed E-state index contributed by atoms with van der Waals surface area (Å²) < 4.78 is 5.46. The second kappa shape index (κ2) is 5.20. The number of non-ortho nitro benzene ring substituents is 1. The molecule has 0 atom stereocenters. The standard InChI is InChI=1S/C14H12N4O3/c1-9-2-3-10(7-15-9)8-16-14-17-12-5-4-11(18(19)20)6-13(12)21-14/h2-7H,8H2,1H3,(H,16,17). The number of nitro groups is 1. The first-order valence-corrected chi connectivity index (χ1v) is 6.32. The molecule has 0 radical (unpaired) electrons. The molecule has 0 aliphatic carbocycles. The molecule has 2 heterocycles. The van der Waals surface area contributed by atoms with Gasteiger partial charge in [-0.25, -0.2) is 0 Å². The molecule has 0 aliphatic rings. The lowest BCUT2D eigenvalue weighted by molar-refractivity contribution is -0.384. The Morgan fingerprint density at radius 2 is 2.19 bits per heavy atom. The fraction of sp³-hybridized carbons (Fsp3) is 0.143. The molecule has 1 aromatic carbocycles. The number of hydrogen-bond donors (Lipinski definition) is 1. The van der Waals surface area contributed by atoms with Crippen LogP contribution >= 0.6 is 0 Å². The van der Waals surface area contributed by atoms with Gasteiger partial charge >= 0.3 is 0 Å². The molecule has 0 aliphatic heterocycles. The average Bonchev–Trinajstić information content (AvgIpc) is 2.88. The Morgan fingerprint density at radius 3 is 2.90 bits per heavy atom. The fourth-order valence-corrected chi connectivity index (χ4v) is 1.88. The van der Waals surface area contributed by atoms with Crippen molar-refractivity contribution in [2.24, 2.45) is 0 Å². The third kappa shape index (κ3) is 2.81. The van der Waals surface area contributed by atoms with Crippen molar-refractivity contribution < 1.29 is 9.34 Å². The predicted octanol–water partition coefficient (Wildman–Crippen LogP) is 3.05. The second-order valence-electron chi connectivity index (χ2n) is 4.59. The van der Waals surface area contributed by atoms with Crippen molar-refractivity contribution in [1.82, 2.24) is 9.97 Å². The Balaban J connectivity index is 1.78. The maximum absolute atomic E-state index is 10.7. The minimum absolute atomic E-state index is 0.0204. The summed E-state index contributed by atoms with van der Waals surface area (Å²) in [4.78, 5) is 18.7. The molecule has 2 aromatic heterocycles. The van der Waals surface area contributed by atoms with Crippen LogP contribution < -0.4 is 5.32 Å². The van der Waals surface area contributed by atoms with Crippen LogP contribution in [0.25, 0.3) is 11.1 Å². The van der Waals surface area contributed by atoms with E-state index in [1.807, 2.05) is 19.1 Å². The van der Waals surface area contributed by atoms with Gasteiger partial charge in [0.25, 0.3) is 11.7 Å². The fourth-order valence-electron chi connectivity index (χ4n) is 1.88. The Morgan fingerprint density at radius 1 is 1.33 bits per heavy atom. The summed E-state index contributed by atoms with van der Waals surface area (Å²) in [6.45, 7) is 2.44. The molecule has 0 unspecified atom stereocenters. The first-order valence-electron chi connectivity index (χ1n) is 6.32. The minimum atomic E-state index is -0.465. The molecule has 0 amide bonds. The molecule has 21 heavy (non-hydrogen) atoms. The normalized spacial score (nSPS) is 10.7. The molecular formula is C14H12N4O3. The number of fused-ring (bicyclic) bond motifs is 1. The van der Waals surface area contributed by atoms with E-state index >= 15 is 0 Å². The minimum Gasteiger partial charge on any atom is -0.423 e. The maximum atomic E-state index is 10.7. The van der Waals surface area contributed by atoms with Crippen molar-refractivity contribution in [3.8, 4) is 0 Å². The van der Waals surface area contributed by atoms with E-state index in [0.29, 0.717) is 23.7 Å². The number of nitrogens with one attached hydrogen (secondary N) is 1. The number of aryl methyl sites for hydroxylation is 1. The third-order valence-electron chi connectivity index (χ3n) is 3.00. The topological polar surface area (TPSA) is 94.1 Å². The Labute approximate surface area is 119 Å². The van der Waals surface area contributed by atoms with Gasteiger partial charge in [-0.15, -0.1) is 0 Å². The highest BCUT2D eigenvalue weighted by Gasteiger charge is 2.11. The molecule has 106 valence electrons. The van der Waals surface area contributed by atoms with Crippen LogP contribution in [0.4, 0.5) is 11.7 Å². The SMILES string of the molecule is Cc1ccc(CNc2nc3ccc([N+](=O)[O-])cc3o2)cn1. The number of rotatable bonds is 4. The lowest BCUT2D eigenvalue weighted by Crippen LogP contribution is -2.00. The summed E-state index contributed by atoms with van der Waals surface area (Å²) in [5.41, 5.74) is 2.88. The molecule has 7 nitrogen and oxygen atoms in total. The van der Waals surface area contributed by atoms with E-state index < -0.39 is 4.92 Å². The zero-order valence-corrected chi connectivity index (χ0v) is 11.2. The predicted molar refractivity (Wildman–Crippen MR) is 77.0 cm³/mol. The Hall–Kier alpha value is -2.96. The molecule has 0 saturated heterocycles. The van der Waals surface area contributed by atoms with Crippen molar-refractivity contribution in [2.75, 3.05) is 5.32 Å². The number of pyridine rings is 1. The van der Waals surface area contributed by atoms with Gasteiger partial charge in [0.15, 0.2) is 5.58 Å². The zero-order valence-electron chi connectivity index (χ0n) is 11.2. The highest BCUT2D eigenvalue weighted by Crippen LogP contribution is 2.23. The Bertz CT molecular complexity index is 796. The van der Waals surface area contributed by atoms with Crippen LogP contribution in [0.2, 0.25) is 0 Å². The molecule has 1 N–H and O–H groups in total. The molecule has 0 bridgehead atoms. The van der Waals surface area contributed by atoms with E-state index in [0.717, 1.165) is 11.3 Å². The first kappa shape index (κ1) is 13.0. The largest absolute Gasteiger partial charge is 0.423 e. The highest BCUT2D eigenvalue weighted by atomic mass is 16.6. The van der Waals surface area contributed by atoms with Crippen LogP contribution in [0, 0.1) is 17.0 Å². The van der Waals surface area contributed by atoms with Crippen LogP contribution in [0.5, 0.6) is 0 Å². The average molecular weight is 284 g/mol. The maximum Gasteiger partial charge on any atom is 0.295 e. The second-order valence-corrected chi connectivity index (χ2v) is 4.59. The number of oxazole rings is 1. The summed E-state index contributed by atoms with van der Waals surface area (Å²) in [5.74, 6) is 0. The molecule has 0 fully saturated rings. The molecule has 7 heteroatoms. The van der Waals surface area contributed by atoms with E-state index in [-0.39, 0.29) is 5.69 Å². The first-order chi connectivity index (χ1) is 10.1. The Kier molecular flexibility index (Phi) is 3.23. The highest BCUT2D eigenvalue weighted by molar-refractivity contribution is 5.77. The van der Waals surface area contributed by atoms with Gasteiger partial charge in [0.1, 0.15) is 5.52 Å². The van der Waals surface area contributed by atoms with E-state index in [4.69, 9.17) is 4.42 Å². The summed E-state index contributed by atoms with van der Waals surface area (Å²) >= 11 is 0. The number of aromatic nitrogens is 2. The van der Waals surface area contributed by atoms with E-state index in [9.17, 15) is 10.1 Å². The van der Waals surface area contributed by atoms with Gasteiger partial charge < -0.3 is 9.73 Å². The third-order valence-corrected chi connectivity index (χ3v) is 3.00. The monoisotopic (exact) mass is 284 g/mol. The summed E-state index contributed by atoms with van der Waals surface area (Å²) in [7, 11) is 0. The van der Waals surface area contributed by atoms with E-state index in [2.05, 4.69) is 15.3 Å². The number of nitrogens with zero attached hydrogens (tertiary/aromatic N) is 3. The summed E-state index contributed by atoms with van der Waals surface area (Å²) in [5, 5.41) is 13.7. The van der Waals surface area contributed by atoms with Crippen molar-refractivity contribution in [3.05, 3.63) is 57.9 Å². The van der Waals surface area contributed by atoms with E-state index in [1.165, 1.54) is 12.1 Å². The van der Waals surface area contributed by atoms with Crippen molar-refractivity contribution >= 4 is 22.8 Å². The number of anilines is 1. The number of hydrogen-bond acceptors (Lipinski definition) is 6. The lowest BCUT2D eigenvalue weighted by Gasteiger charge is -2.01. The van der Waals surface area contributed by atoms with Crippen LogP contribution in [0.1, 0.15) is 11.3 Å². The van der Waals surface area contributed by atoms with Crippen molar-refractivity contribution in [2.45, 2.75) is 13.5 Å². The van der Waals surface area contributed by atoms with E-state index in [1.54, 1.807) is 12.3 Å². The van der Waals surface area contributed by atoms with Crippen LogP contribution in [-0.4, -0.2) is 14.9 Å². The van der Waals surface area contributed by atoms with Gasteiger partial charge in [-0.3, -0.25) is 15.1 Å². The van der Waals surface area contributed by atoms with Crippen molar-refractivity contribution in [1.29, 1.82) is 0 Å². The van der Waals surface area contributed by atoms with Gasteiger partial charge in [0.05, 0.1) is 11.0 Å². The van der Waals surface area contributed by atoms with Gasteiger partial charge in [0.2, 0.25) is 0 Å². The van der Waals surface area contributed by atoms with Gasteiger partial charge in [-0.1, -0.05) is 6.07 Å². The summed E-state index contributed by atoms with van der Waals surface area (Å²) in [6, 6.07) is 8.54. The molecule has 0 saturated carbocycles. The smallest absolute Gasteiger partial charge is 0.295 e. The van der Waals surface area contributed by atoms with Gasteiger partial charge in [-0.05, 0) is 24.6 Å². The summed E-state index contributed by atoms with van der Waals surface area (Å²) in [6.07, 6.45) is 1.77. The van der Waals surface area contributed by atoms with Crippen LogP contribution in [-0.2, 0) is 6.54 Å². The van der Waals surface area contributed by atoms with Gasteiger partial charge in [-0.2, -0.15) is 4.98 Å². The lowest BCUT2D eigenvalue weighted by atomic mass is 10.2. The van der Waals surface area contributed by atoms with Crippen LogP contribution in [0.3, 0.4) is 0 Å². The molecule has 3 aromatic rings. The molecule has 0 spiro atoms. The number of nitro benzene ring substituents is 1. The quantitative estimate of drug-likeness (QED) is 0.584. The zero-order chi connectivity index (χ0) is 14.8. The molecular weight excluding hydrogens is 272 g/mol. The van der Waals surface area contributed by atoms with Crippen molar-refractivity contribution in [3.63, 3.8) is 0 Å².